The number of hydrogen-bond acceptors (Lipinski definition) is 5. The fraction of sp³-hybridized carbons (Fsp3) is 0.444. The van der Waals surface area contributed by atoms with Crippen LogP contribution in [0.25, 0.3) is 0 Å². The largest absolute Gasteiger partial charge is 0.452 e. The Morgan fingerprint density at radius 2 is 2.00 bits per heavy atom. The van der Waals surface area contributed by atoms with Gasteiger partial charge in [-0.05, 0) is 17.5 Å². The van der Waals surface area contributed by atoms with Gasteiger partial charge in [0.1, 0.15) is 0 Å². The summed E-state index contributed by atoms with van der Waals surface area (Å²) in [6.07, 6.45) is -1.18. The van der Waals surface area contributed by atoms with E-state index in [0.717, 1.165) is 5.56 Å². The summed E-state index contributed by atoms with van der Waals surface area (Å²) in [5.74, 6) is -2.71. The zero-order valence-corrected chi connectivity index (χ0v) is 15.9. The standard InChI is InChI=1S/C18H22ClN3O5/c1-10(2)15(16(24)21-18(20)26)27-17(25)12-7-14(23)22(9-12)8-11-5-3-4-6-13(11)19/h3-6,10,12,15H,7-9H2,1-2H3,(H3,20,21,24,26)/t12-,15-/m0/s1. The van der Waals surface area contributed by atoms with Crippen LogP contribution in [-0.4, -0.2) is 41.4 Å². The highest BCUT2D eigenvalue weighted by molar-refractivity contribution is 6.31. The molecule has 0 saturated carbocycles. The van der Waals surface area contributed by atoms with E-state index in [0.29, 0.717) is 5.02 Å². The molecule has 2 rings (SSSR count). The second-order valence-corrected chi connectivity index (χ2v) is 7.13. The molecule has 3 N–H and O–H groups in total. The number of urea groups is 1. The van der Waals surface area contributed by atoms with Gasteiger partial charge < -0.3 is 15.4 Å². The number of carbonyl (C=O) groups excluding carboxylic acids is 4. The lowest BCUT2D eigenvalue weighted by atomic mass is 10.1. The van der Waals surface area contributed by atoms with Crippen molar-refractivity contribution in [1.29, 1.82) is 0 Å². The van der Waals surface area contributed by atoms with Crippen molar-refractivity contribution in [3.05, 3.63) is 34.9 Å². The smallest absolute Gasteiger partial charge is 0.318 e. The number of amides is 4. The van der Waals surface area contributed by atoms with Crippen molar-refractivity contribution in [3.63, 3.8) is 0 Å². The molecule has 8 nitrogen and oxygen atoms in total. The Hall–Kier alpha value is -2.61. The molecule has 0 aliphatic carbocycles. The number of likely N-dealkylation sites (tertiary alicyclic amines) is 1. The molecule has 2 atom stereocenters. The Balaban J connectivity index is 2.00. The van der Waals surface area contributed by atoms with E-state index < -0.39 is 29.9 Å². The minimum absolute atomic E-state index is 0.00839. The molecule has 27 heavy (non-hydrogen) atoms. The molecular weight excluding hydrogens is 374 g/mol. The summed E-state index contributed by atoms with van der Waals surface area (Å²) in [7, 11) is 0. The predicted molar refractivity (Wildman–Crippen MR) is 97.4 cm³/mol. The third-order valence-corrected chi connectivity index (χ3v) is 4.59. The van der Waals surface area contributed by atoms with Gasteiger partial charge in [0.25, 0.3) is 5.91 Å². The first-order valence-electron chi connectivity index (χ1n) is 8.51. The van der Waals surface area contributed by atoms with E-state index in [4.69, 9.17) is 22.1 Å². The van der Waals surface area contributed by atoms with Gasteiger partial charge >= 0.3 is 12.0 Å². The van der Waals surface area contributed by atoms with Crippen LogP contribution in [0.2, 0.25) is 5.02 Å². The fourth-order valence-electron chi connectivity index (χ4n) is 2.82. The molecule has 9 heteroatoms. The number of nitrogens with zero attached hydrogens (tertiary/aromatic N) is 1. The first-order chi connectivity index (χ1) is 12.7. The van der Waals surface area contributed by atoms with Crippen LogP contribution >= 0.6 is 11.6 Å². The molecule has 0 unspecified atom stereocenters. The molecular formula is C18H22ClN3O5. The number of primary amides is 1. The van der Waals surface area contributed by atoms with Crippen molar-refractivity contribution >= 4 is 35.4 Å². The fourth-order valence-corrected chi connectivity index (χ4v) is 3.02. The number of hydrogen-bond donors (Lipinski definition) is 2. The van der Waals surface area contributed by atoms with E-state index in [2.05, 4.69) is 0 Å². The molecule has 1 fully saturated rings. The molecule has 1 aromatic carbocycles. The van der Waals surface area contributed by atoms with Gasteiger partial charge in [0, 0.05) is 24.5 Å². The van der Waals surface area contributed by atoms with Crippen molar-refractivity contribution in [1.82, 2.24) is 10.2 Å². The SMILES string of the molecule is CC(C)[C@H](OC(=O)[C@H]1CC(=O)N(Cc2ccccc2Cl)C1)C(=O)NC(N)=O. The Kier molecular flexibility index (Phi) is 6.79. The van der Waals surface area contributed by atoms with E-state index in [-0.39, 0.29) is 31.3 Å². The second kappa shape index (κ2) is 8.85. The zero-order chi connectivity index (χ0) is 20.1. The number of nitrogens with two attached hydrogens (primary N) is 1. The summed E-state index contributed by atoms with van der Waals surface area (Å²) in [6.45, 7) is 3.80. The molecule has 1 aromatic rings. The maximum Gasteiger partial charge on any atom is 0.318 e. The number of rotatable bonds is 6. The van der Waals surface area contributed by atoms with Crippen molar-refractivity contribution < 1.29 is 23.9 Å². The van der Waals surface area contributed by atoms with Crippen LogP contribution in [0.15, 0.2) is 24.3 Å². The summed E-state index contributed by atoms with van der Waals surface area (Å²) in [5, 5.41) is 2.45. The first kappa shape index (κ1) is 20.7. The quantitative estimate of drug-likeness (QED) is 0.706. The highest BCUT2D eigenvalue weighted by Crippen LogP contribution is 2.25. The molecule has 1 aliphatic heterocycles. The van der Waals surface area contributed by atoms with E-state index >= 15 is 0 Å². The molecule has 1 saturated heterocycles. The van der Waals surface area contributed by atoms with Gasteiger partial charge in [0.2, 0.25) is 5.91 Å². The van der Waals surface area contributed by atoms with Crippen LogP contribution in [0.3, 0.4) is 0 Å². The summed E-state index contributed by atoms with van der Waals surface area (Å²) in [6, 6.07) is 6.13. The number of nitrogens with one attached hydrogen (secondary N) is 1. The number of benzene rings is 1. The molecule has 0 aromatic heterocycles. The van der Waals surface area contributed by atoms with E-state index in [1.807, 2.05) is 17.4 Å². The third kappa shape index (κ3) is 5.43. The molecule has 1 aliphatic rings. The summed E-state index contributed by atoms with van der Waals surface area (Å²) < 4.78 is 5.27. The third-order valence-electron chi connectivity index (χ3n) is 4.22. The average molecular weight is 396 g/mol. The summed E-state index contributed by atoms with van der Waals surface area (Å²) >= 11 is 6.12. The second-order valence-electron chi connectivity index (χ2n) is 6.72. The normalized spacial score (nSPS) is 17.7. The minimum atomic E-state index is -1.17. The Morgan fingerprint density at radius 1 is 1.33 bits per heavy atom. The van der Waals surface area contributed by atoms with Gasteiger partial charge in [-0.15, -0.1) is 0 Å². The Bertz CT molecular complexity index is 752. The van der Waals surface area contributed by atoms with Gasteiger partial charge in [0.15, 0.2) is 6.10 Å². The summed E-state index contributed by atoms with van der Waals surface area (Å²) in [4.78, 5) is 49.0. The lowest BCUT2D eigenvalue weighted by Gasteiger charge is -2.22. The number of esters is 1. The maximum atomic E-state index is 12.4. The van der Waals surface area contributed by atoms with Crippen molar-refractivity contribution in [2.75, 3.05) is 6.54 Å². The zero-order valence-electron chi connectivity index (χ0n) is 15.1. The van der Waals surface area contributed by atoms with Crippen molar-refractivity contribution in [3.8, 4) is 0 Å². The monoisotopic (exact) mass is 395 g/mol. The maximum absolute atomic E-state index is 12.4. The molecule has 0 radical (unpaired) electrons. The van der Waals surface area contributed by atoms with Gasteiger partial charge in [-0.3, -0.25) is 19.7 Å². The molecule has 1 heterocycles. The van der Waals surface area contributed by atoms with E-state index in [1.165, 1.54) is 4.90 Å². The predicted octanol–water partition coefficient (Wildman–Crippen LogP) is 1.45. The van der Waals surface area contributed by atoms with Crippen LogP contribution in [0.4, 0.5) is 4.79 Å². The lowest BCUT2D eigenvalue weighted by molar-refractivity contribution is -0.162. The van der Waals surface area contributed by atoms with Gasteiger partial charge in [-0.2, -0.15) is 0 Å². The van der Waals surface area contributed by atoms with Crippen molar-refractivity contribution in [2.45, 2.75) is 32.9 Å². The van der Waals surface area contributed by atoms with E-state index in [1.54, 1.807) is 26.0 Å². The topological polar surface area (TPSA) is 119 Å². The van der Waals surface area contributed by atoms with Crippen molar-refractivity contribution in [2.24, 2.45) is 17.6 Å². The highest BCUT2D eigenvalue weighted by Gasteiger charge is 2.38. The number of imide groups is 1. The van der Waals surface area contributed by atoms with Crippen LogP contribution in [-0.2, 0) is 25.7 Å². The molecule has 146 valence electrons. The molecule has 0 spiro atoms. The molecule has 0 bridgehead atoms. The van der Waals surface area contributed by atoms with Gasteiger partial charge in [0.05, 0.1) is 5.92 Å². The average Bonchev–Trinajstić information content (AvgIpc) is 2.94. The Labute approximate surface area is 162 Å². The molecule has 4 amide bonds. The number of halogens is 1. The Morgan fingerprint density at radius 3 is 2.59 bits per heavy atom. The minimum Gasteiger partial charge on any atom is -0.452 e. The summed E-state index contributed by atoms with van der Waals surface area (Å²) in [5.41, 5.74) is 5.71. The van der Waals surface area contributed by atoms with Crippen LogP contribution < -0.4 is 11.1 Å². The first-order valence-corrected chi connectivity index (χ1v) is 8.88. The van der Waals surface area contributed by atoms with Crippen LogP contribution in [0.5, 0.6) is 0 Å². The highest BCUT2D eigenvalue weighted by atomic mass is 35.5. The van der Waals surface area contributed by atoms with E-state index in [9.17, 15) is 19.2 Å². The van der Waals surface area contributed by atoms with Crippen LogP contribution in [0, 0.1) is 11.8 Å². The number of ether oxygens (including phenoxy) is 1. The van der Waals surface area contributed by atoms with Crippen LogP contribution in [0.1, 0.15) is 25.8 Å². The van der Waals surface area contributed by atoms with Gasteiger partial charge in [-0.25, -0.2) is 4.79 Å². The van der Waals surface area contributed by atoms with Gasteiger partial charge in [-0.1, -0.05) is 43.6 Å². The number of carbonyl (C=O) groups is 4. The lowest BCUT2D eigenvalue weighted by Crippen LogP contribution is -2.46.